The summed E-state index contributed by atoms with van der Waals surface area (Å²) < 4.78 is 0. The highest BCUT2D eigenvalue weighted by molar-refractivity contribution is 6.31. The van der Waals surface area contributed by atoms with Crippen LogP contribution in [0.25, 0.3) is 0 Å². The Balaban J connectivity index is 2.05. The number of benzene rings is 3. The molecule has 126 valence electrons. The maximum Gasteiger partial charge on any atom is 0.199 e. The molecule has 0 fully saturated rings. The number of carbonyl (C=O) groups excluding carboxylic acids is 1. The minimum atomic E-state index is -1.69. The lowest BCUT2D eigenvalue weighted by Crippen LogP contribution is -2.38. The fourth-order valence-electron chi connectivity index (χ4n) is 2.77. The normalized spacial score (nSPS) is 13.2. The first kappa shape index (κ1) is 17.7. The van der Waals surface area contributed by atoms with Gasteiger partial charge in [-0.05, 0) is 47.5 Å². The molecule has 3 aromatic carbocycles. The molecule has 1 N–H and O–H groups in total. The predicted molar refractivity (Wildman–Crippen MR) is 101 cm³/mol. The van der Waals surface area contributed by atoms with Crippen LogP contribution in [0.3, 0.4) is 0 Å². The summed E-state index contributed by atoms with van der Waals surface area (Å²) in [5.74, 6) is -0.379. The standard InChI is InChI=1S/C21H16Cl2O2/c22-18-10-6-16(7-11-18)20(24)21(25,14-15-4-2-1-3-5-15)17-8-12-19(23)13-9-17/h1-13,25H,14H2. The second-order valence-corrected chi connectivity index (χ2v) is 6.74. The quantitative estimate of drug-likeness (QED) is 0.618. The number of halogens is 2. The summed E-state index contributed by atoms with van der Waals surface area (Å²) in [6.45, 7) is 0. The van der Waals surface area contributed by atoms with Gasteiger partial charge in [0.1, 0.15) is 0 Å². The molecule has 0 aliphatic heterocycles. The van der Waals surface area contributed by atoms with E-state index in [2.05, 4.69) is 0 Å². The molecule has 3 aromatic rings. The Labute approximate surface area is 156 Å². The van der Waals surface area contributed by atoms with Gasteiger partial charge in [-0.25, -0.2) is 0 Å². The molecule has 0 aliphatic rings. The van der Waals surface area contributed by atoms with Crippen LogP contribution >= 0.6 is 23.2 Å². The zero-order chi connectivity index (χ0) is 17.9. The molecule has 4 heteroatoms. The van der Waals surface area contributed by atoms with Gasteiger partial charge in [0.2, 0.25) is 0 Å². The van der Waals surface area contributed by atoms with Crippen LogP contribution in [0, 0.1) is 0 Å². The Morgan fingerprint density at radius 3 is 1.88 bits per heavy atom. The molecule has 0 aliphatic carbocycles. The van der Waals surface area contributed by atoms with E-state index in [1.807, 2.05) is 30.3 Å². The van der Waals surface area contributed by atoms with Crippen LogP contribution in [0.1, 0.15) is 21.5 Å². The zero-order valence-corrected chi connectivity index (χ0v) is 14.8. The smallest absolute Gasteiger partial charge is 0.199 e. The van der Waals surface area contributed by atoms with Crippen LogP contribution in [0.4, 0.5) is 0 Å². The molecule has 25 heavy (non-hydrogen) atoms. The van der Waals surface area contributed by atoms with Gasteiger partial charge in [0.15, 0.2) is 11.4 Å². The van der Waals surface area contributed by atoms with Gasteiger partial charge in [-0.1, -0.05) is 65.7 Å². The summed E-state index contributed by atoms with van der Waals surface area (Å²) in [6, 6.07) is 22.6. The van der Waals surface area contributed by atoms with Crippen molar-refractivity contribution in [3.63, 3.8) is 0 Å². The Morgan fingerprint density at radius 2 is 1.32 bits per heavy atom. The minimum absolute atomic E-state index is 0.164. The first-order valence-electron chi connectivity index (χ1n) is 7.82. The molecule has 0 bridgehead atoms. The van der Waals surface area contributed by atoms with Crippen LogP contribution in [-0.2, 0) is 12.0 Å². The molecular weight excluding hydrogens is 355 g/mol. The third-order valence-electron chi connectivity index (χ3n) is 4.11. The molecule has 0 radical (unpaired) electrons. The van der Waals surface area contributed by atoms with Crippen molar-refractivity contribution in [2.24, 2.45) is 0 Å². The lowest BCUT2D eigenvalue weighted by molar-refractivity contribution is 0.0299. The summed E-state index contributed by atoms with van der Waals surface area (Å²) in [4.78, 5) is 13.1. The summed E-state index contributed by atoms with van der Waals surface area (Å²) in [5, 5.41) is 12.5. The number of rotatable bonds is 5. The summed E-state index contributed by atoms with van der Waals surface area (Å²) in [5.41, 5.74) is 0.0699. The third kappa shape index (κ3) is 3.93. The first-order chi connectivity index (χ1) is 12.0. The number of ketones is 1. The highest BCUT2D eigenvalue weighted by Gasteiger charge is 2.38. The summed E-state index contributed by atoms with van der Waals surface area (Å²) >= 11 is 11.9. The van der Waals surface area contributed by atoms with Crippen molar-refractivity contribution in [3.05, 3.63) is 106 Å². The van der Waals surface area contributed by atoms with E-state index in [9.17, 15) is 9.90 Å². The fraction of sp³-hybridized carbons (Fsp3) is 0.0952. The molecule has 0 heterocycles. The minimum Gasteiger partial charge on any atom is -0.377 e. The van der Waals surface area contributed by atoms with Crippen LogP contribution in [-0.4, -0.2) is 10.9 Å². The maximum atomic E-state index is 13.1. The summed E-state index contributed by atoms with van der Waals surface area (Å²) in [6.07, 6.45) is 0.164. The molecule has 1 unspecified atom stereocenters. The van der Waals surface area contributed by atoms with E-state index in [0.717, 1.165) is 5.56 Å². The Bertz CT molecular complexity index is 859. The van der Waals surface area contributed by atoms with Crippen LogP contribution in [0.15, 0.2) is 78.9 Å². The molecule has 0 saturated carbocycles. The van der Waals surface area contributed by atoms with Gasteiger partial charge in [0.25, 0.3) is 0 Å². The van der Waals surface area contributed by atoms with Crippen LogP contribution < -0.4 is 0 Å². The number of carbonyl (C=O) groups is 1. The third-order valence-corrected chi connectivity index (χ3v) is 4.61. The molecule has 0 saturated heterocycles. The Kier molecular flexibility index (Phi) is 5.24. The number of hydrogen-bond acceptors (Lipinski definition) is 2. The van der Waals surface area contributed by atoms with Gasteiger partial charge in [-0.3, -0.25) is 4.79 Å². The largest absolute Gasteiger partial charge is 0.377 e. The predicted octanol–water partition coefficient (Wildman–Crippen LogP) is 5.31. The van der Waals surface area contributed by atoms with Crippen molar-refractivity contribution >= 4 is 29.0 Å². The van der Waals surface area contributed by atoms with E-state index in [1.54, 1.807) is 48.5 Å². The van der Waals surface area contributed by atoms with Crippen molar-refractivity contribution in [2.45, 2.75) is 12.0 Å². The van der Waals surface area contributed by atoms with Gasteiger partial charge in [-0.2, -0.15) is 0 Å². The highest BCUT2D eigenvalue weighted by Crippen LogP contribution is 2.31. The van der Waals surface area contributed by atoms with Gasteiger partial charge >= 0.3 is 0 Å². The van der Waals surface area contributed by atoms with E-state index >= 15 is 0 Å². The van der Waals surface area contributed by atoms with Gasteiger partial charge in [0.05, 0.1) is 0 Å². The molecule has 0 aromatic heterocycles. The molecule has 3 rings (SSSR count). The fourth-order valence-corrected chi connectivity index (χ4v) is 3.02. The number of aliphatic hydroxyl groups is 1. The van der Waals surface area contributed by atoms with Gasteiger partial charge in [0, 0.05) is 22.0 Å². The Hall–Kier alpha value is -2.13. The number of Topliss-reactive ketones (excluding diaryl/α,β-unsaturated/α-hetero) is 1. The average molecular weight is 371 g/mol. The topological polar surface area (TPSA) is 37.3 Å². The molecule has 2 nitrogen and oxygen atoms in total. The number of hydrogen-bond donors (Lipinski definition) is 1. The lowest BCUT2D eigenvalue weighted by atomic mass is 9.81. The van der Waals surface area contributed by atoms with Crippen LogP contribution in [0.2, 0.25) is 10.0 Å². The van der Waals surface area contributed by atoms with Gasteiger partial charge < -0.3 is 5.11 Å². The van der Waals surface area contributed by atoms with Crippen molar-refractivity contribution in [1.29, 1.82) is 0 Å². The van der Waals surface area contributed by atoms with Crippen molar-refractivity contribution < 1.29 is 9.90 Å². The SMILES string of the molecule is O=C(c1ccc(Cl)cc1)C(O)(Cc1ccccc1)c1ccc(Cl)cc1. The van der Waals surface area contributed by atoms with Crippen molar-refractivity contribution in [2.75, 3.05) is 0 Å². The van der Waals surface area contributed by atoms with E-state index in [-0.39, 0.29) is 12.2 Å². The van der Waals surface area contributed by atoms with Crippen molar-refractivity contribution in [3.8, 4) is 0 Å². The molecule has 0 spiro atoms. The van der Waals surface area contributed by atoms with Crippen molar-refractivity contribution in [1.82, 2.24) is 0 Å². The first-order valence-corrected chi connectivity index (χ1v) is 8.57. The Morgan fingerprint density at radius 1 is 0.800 bits per heavy atom. The highest BCUT2D eigenvalue weighted by atomic mass is 35.5. The molecule has 0 amide bonds. The molecule has 1 atom stereocenters. The summed E-state index contributed by atoms with van der Waals surface area (Å²) in [7, 11) is 0. The zero-order valence-electron chi connectivity index (χ0n) is 13.3. The second-order valence-electron chi connectivity index (χ2n) is 5.87. The molecular formula is C21H16Cl2O2. The average Bonchev–Trinajstić information content (AvgIpc) is 2.63. The maximum absolute atomic E-state index is 13.1. The monoisotopic (exact) mass is 370 g/mol. The second kappa shape index (κ2) is 7.40. The van der Waals surface area contributed by atoms with E-state index in [1.165, 1.54) is 0 Å². The van der Waals surface area contributed by atoms with Crippen LogP contribution in [0.5, 0.6) is 0 Å². The lowest BCUT2D eigenvalue weighted by Gasteiger charge is -2.28. The van der Waals surface area contributed by atoms with E-state index in [0.29, 0.717) is 21.2 Å². The van der Waals surface area contributed by atoms with E-state index in [4.69, 9.17) is 23.2 Å². The van der Waals surface area contributed by atoms with E-state index < -0.39 is 5.60 Å². The van der Waals surface area contributed by atoms with Gasteiger partial charge in [-0.15, -0.1) is 0 Å².